The fourth-order valence-corrected chi connectivity index (χ4v) is 3.90. The van der Waals surface area contributed by atoms with Crippen molar-refractivity contribution in [3.63, 3.8) is 0 Å². The van der Waals surface area contributed by atoms with Gasteiger partial charge in [0.05, 0.1) is 10.5 Å². The topological polar surface area (TPSA) is 75.6 Å². The molecule has 1 aromatic heterocycles. The van der Waals surface area contributed by atoms with Crippen LogP contribution in [0, 0.1) is 5.92 Å². The lowest BCUT2D eigenvalue weighted by Gasteiger charge is -2.21. The van der Waals surface area contributed by atoms with E-state index in [4.69, 9.17) is 4.74 Å². The van der Waals surface area contributed by atoms with E-state index in [0.29, 0.717) is 17.4 Å². The average Bonchev–Trinajstić information content (AvgIpc) is 2.87. The normalized spacial score (nSPS) is 18.8. The van der Waals surface area contributed by atoms with Crippen LogP contribution in [-0.2, 0) is 22.4 Å². The van der Waals surface area contributed by atoms with E-state index < -0.39 is 12.0 Å². The number of aryl methyl sites for hydroxylation is 1. The molecule has 2 rings (SSSR count). The number of thiophene rings is 1. The van der Waals surface area contributed by atoms with E-state index in [1.165, 1.54) is 21.8 Å². The molecule has 0 bridgehead atoms. The number of hydrogen-bond acceptors (Lipinski definition) is 4. The van der Waals surface area contributed by atoms with Gasteiger partial charge in [-0.25, -0.2) is 4.79 Å². The van der Waals surface area contributed by atoms with Crippen LogP contribution >= 0.6 is 11.3 Å². The predicted octanol–water partition coefficient (Wildman–Crippen LogP) is 3.26. The number of amides is 1. The molecule has 1 amide bonds. The fourth-order valence-electron chi connectivity index (χ4n) is 2.79. The third kappa shape index (κ3) is 5.31. The van der Waals surface area contributed by atoms with Gasteiger partial charge in [0.15, 0.2) is 0 Å². The second-order valence-corrected chi connectivity index (χ2v) is 8.66. The van der Waals surface area contributed by atoms with E-state index >= 15 is 0 Å². The molecule has 0 radical (unpaired) electrons. The number of carbonyl (C=O) groups excluding carboxylic acids is 1. The number of aliphatic carboxylic acids is 1. The maximum absolute atomic E-state index is 12.4. The standard InChI is InChI=1S/C18H27NO4S/c1-11-5-6-14-12(9-11)10-15(24-14)16(20)19-13(17(21)22)7-8-23-18(2,3)4/h10-11,13H,5-9H2,1-4H3,(H,19,20)(H,21,22). The van der Waals surface area contributed by atoms with Gasteiger partial charge >= 0.3 is 5.97 Å². The Morgan fingerprint density at radius 1 is 1.46 bits per heavy atom. The highest BCUT2D eigenvalue weighted by molar-refractivity contribution is 7.14. The fraction of sp³-hybridized carbons (Fsp3) is 0.667. The van der Waals surface area contributed by atoms with Crippen LogP contribution in [0.2, 0.25) is 0 Å². The zero-order valence-electron chi connectivity index (χ0n) is 14.8. The third-order valence-electron chi connectivity index (χ3n) is 4.10. The van der Waals surface area contributed by atoms with Crippen LogP contribution in [0.1, 0.15) is 60.6 Å². The molecular weight excluding hydrogens is 326 g/mol. The molecule has 2 atom stereocenters. The minimum atomic E-state index is -1.03. The summed E-state index contributed by atoms with van der Waals surface area (Å²) in [5.74, 6) is -0.690. The van der Waals surface area contributed by atoms with Crippen molar-refractivity contribution in [2.45, 2.75) is 65.0 Å². The minimum absolute atomic E-state index is 0.250. The quantitative estimate of drug-likeness (QED) is 0.823. The van der Waals surface area contributed by atoms with E-state index in [0.717, 1.165) is 19.3 Å². The Morgan fingerprint density at radius 2 is 2.17 bits per heavy atom. The summed E-state index contributed by atoms with van der Waals surface area (Å²) in [6, 6.07) is 0.994. The van der Waals surface area contributed by atoms with Crippen LogP contribution < -0.4 is 5.32 Å². The van der Waals surface area contributed by atoms with Crippen molar-refractivity contribution in [3.05, 3.63) is 21.4 Å². The Balaban J connectivity index is 1.96. The summed E-state index contributed by atoms with van der Waals surface area (Å²) in [4.78, 5) is 25.7. The van der Waals surface area contributed by atoms with Crippen molar-refractivity contribution >= 4 is 23.2 Å². The molecule has 0 saturated carbocycles. The lowest BCUT2D eigenvalue weighted by molar-refractivity contribution is -0.140. The molecular formula is C18H27NO4S. The molecule has 24 heavy (non-hydrogen) atoms. The summed E-state index contributed by atoms with van der Waals surface area (Å²) in [5, 5.41) is 12.0. The van der Waals surface area contributed by atoms with E-state index in [-0.39, 0.29) is 17.9 Å². The molecule has 2 N–H and O–H groups in total. The molecule has 0 aromatic carbocycles. The van der Waals surface area contributed by atoms with Crippen LogP contribution in [0.5, 0.6) is 0 Å². The molecule has 1 heterocycles. The van der Waals surface area contributed by atoms with E-state index in [2.05, 4.69) is 12.2 Å². The van der Waals surface area contributed by atoms with Crippen LogP contribution in [0.15, 0.2) is 6.07 Å². The summed E-state index contributed by atoms with van der Waals surface area (Å²) in [5.41, 5.74) is 0.920. The first kappa shape index (κ1) is 18.9. The number of rotatable bonds is 6. The van der Waals surface area contributed by atoms with Gasteiger partial charge in [0, 0.05) is 17.9 Å². The first-order valence-electron chi connectivity index (χ1n) is 8.45. The third-order valence-corrected chi connectivity index (χ3v) is 5.33. The van der Waals surface area contributed by atoms with Crippen LogP contribution in [0.25, 0.3) is 0 Å². The molecule has 0 spiro atoms. The second-order valence-electron chi connectivity index (χ2n) is 7.52. The molecule has 0 fully saturated rings. The van der Waals surface area contributed by atoms with Crippen LogP contribution in [0.3, 0.4) is 0 Å². The number of carbonyl (C=O) groups is 2. The van der Waals surface area contributed by atoms with Crippen LogP contribution in [-0.4, -0.2) is 35.2 Å². The number of carboxylic acid groups (broad SMARTS) is 1. The van der Waals surface area contributed by atoms with Gasteiger partial charge in [-0.05, 0) is 57.6 Å². The highest BCUT2D eigenvalue weighted by Crippen LogP contribution is 2.32. The van der Waals surface area contributed by atoms with Gasteiger partial charge in [0.2, 0.25) is 0 Å². The van der Waals surface area contributed by atoms with Gasteiger partial charge in [-0.15, -0.1) is 11.3 Å². The largest absolute Gasteiger partial charge is 0.480 e. The highest BCUT2D eigenvalue weighted by atomic mass is 32.1. The van der Waals surface area contributed by atoms with Gasteiger partial charge < -0.3 is 15.2 Å². The average molecular weight is 353 g/mol. The summed E-state index contributed by atoms with van der Waals surface area (Å²) in [7, 11) is 0. The molecule has 134 valence electrons. The maximum Gasteiger partial charge on any atom is 0.326 e. The number of nitrogens with one attached hydrogen (secondary N) is 1. The van der Waals surface area contributed by atoms with Crippen LogP contribution in [0.4, 0.5) is 0 Å². The van der Waals surface area contributed by atoms with E-state index in [1.807, 2.05) is 26.8 Å². The van der Waals surface area contributed by atoms with Gasteiger partial charge in [-0.2, -0.15) is 0 Å². The van der Waals surface area contributed by atoms with Crippen molar-refractivity contribution in [2.75, 3.05) is 6.61 Å². The number of fused-ring (bicyclic) bond motifs is 1. The zero-order chi connectivity index (χ0) is 17.9. The summed E-state index contributed by atoms with van der Waals surface area (Å²) in [6.45, 7) is 8.25. The van der Waals surface area contributed by atoms with Gasteiger partial charge in [-0.1, -0.05) is 6.92 Å². The van der Waals surface area contributed by atoms with Crippen molar-refractivity contribution in [2.24, 2.45) is 5.92 Å². The highest BCUT2D eigenvalue weighted by Gasteiger charge is 2.25. The Bertz CT molecular complexity index is 603. The van der Waals surface area contributed by atoms with E-state index in [9.17, 15) is 14.7 Å². The lowest BCUT2D eigenvalue weighted by atomic mass is 9.90. The molecule has 2 unspecified atom stereocenters. The number of carboxylic acids is 1. The lowest BCUT2D eigenvalue weighted by Crippen LogP contribution is -2.41. The van der Waals surface area contributed by atoms with Crippen molar-refractivity contribution in [3.8, 4) is 0 Å². The minimum Gasteiger partial charge on any atom is -0.480 e. The molecule has 1 aliphatic rings. The summed E-state index contributed by atoms with van der Waals surface area (Å²) in [6.07, 6.45) is 3.41. The second kappa shape index (κ2) is 7.66. The first-order valence-corrected chi connectivity index (χ1v) is 9.26. The molecule has 5 nitrogen and oxygen atoms in total. The van der Waals surface area contributed by atoms with Crippen molar-refractivity contribution in [1.29, 1.82) is 0 Å². The summed E-state index contributed by atoms with van der Waals surface area (Å²) < 4.78 is 5.56. The SMILES string of the molecule is CC1CCc2sc(C(=O)NC(CCOC(C)(C)C)C(=O)O)cc2C1. The molecule has 1 aliphatic carbocycles. The Hall–Kier alpha value is -1.40. The van der Waals surface area contributed by atoms with Gasteiger partial charge in [-0.3, -0.25) is 4.79 Å². The van der Waals surface area contributed by atoms with Crippen molar-refractivity contribution < 1.29 is 19.4 Å². The number of ether oxygens (including phenoxy) is 1. The molecule has 0 aliphatic heterocycles. The Labute approximate surface area is 147 Å². The molecule has 0 saturated heterocycles. The first-order chi connectivity index (χ1) is 11.2. The predicted molar refractivity (Wildman–Crippen MR) is 94.7 cm³/mol. The van der Waals surface area contributed by atoms with Crippen molar-refractivity contribution in [1.82, 2.24) is 5.32 Å². The monoisotopic (exact) mass is 353 g/mol. The smallest absolute Gasteiger partial charge is 0.326 e. The zero-order valence-corrected chi connectivity index (χ0v) is 15.7. The Kier molecular flexibility index (Phi) is 6.04. The number of hydrogen-bond donors (Lipinski definition) is 2. The maximum atomic E-state index is 12.4. The summed E-state index contributed by atoms with van der Waals surface area (Å²) >= 11 is 1.49. The molecule has 1 aromatic rings. The molecule has 6 heteroatoms. The van der Waals surface area contributed by atoms with Gasteiger partial charge in [0.25, 0.3) is 5.91 Å². The van der Waals surface area contributed by atoms with E-state index in [1.54, 1.807) is 0 Å². The van der Waals surface area contributed by atoms with Gasteiger partial charge in [0.1, 0.15) is 6.04 Å². The Morgan fingerprint density at radius 3 is 2.79 bits per heavy atom.